The molecule has 1 aromatic rings. The van der Waals surface area contributed by atoms with Crippen molar-refractivity contribution in [3.63, 3.8) is 0 Å². The van der Waals surface area contributed by atoms with Gasteiger partial charge in [-0.15, -0.1) is 0 Å². The number of piperazine rings is 1. The summed E-state index contributed by atoms with van der Waals surface area (Å²) in [6.07, 6.45) is 7.02. The Balaban J connectivity index is 1.41. The van der Waals surface area contributed by atoms with Crippen molar-refractivity contribution in [2.24, 2.45) is 11.8 Å². The molecular weight excluding hydrogens is 398 g/mol. The second-order valence-electron chi connectivity index (χ2n) is 9.33. The molecule has 3 fully saturated rings. The fourth-order valence-corrected chi connectivity index (χ4v) is 5.45. The molecule has 3 aliphatic rings. The standard InChI is InChI=1S/C24H34ClN3O2/c1-18-10-12-27(13-11-18)24(30)22(19-4-2-3-5-19)26-14-16-28(17-15-26)23(29)20-6-8-21(25)9-7-20/h6-9,18-19,22H,2-5,10-17H2,1H3. The third-order valence-electron chi connectivity index (χ3n) is 7.28. The van der Waals surface area contributed by atoms with Gasteiger partial charge in [-0.25, -0.2) is 0 Å². The van der Waals surface area contributed by atoms with E-state index in [4.69, 9.17) is 11.6 Å². The quantitative estimate of drug-likeness (QED) is 0.725. The minimum atomic E-state index is -0.00584. The van der Waals surface area contributed by atoms with Crippen LogP contribution in [0.5, 0.6) is 0 Å². The number of likely N-dealkylation sites (tertiary alicyclic amines) is 1. The van der Waals surface area contributed by atoms with Gasteiger partial charge in [0.1, 0.15) is 0 Å². The monoisotopic (exact) mass is 431 g/mol. The number of hydrogen-bond donors (Lipinski definition) is 0. The Morgan fingerprint density at radius 3 is 2.07 bits per heavy atom. The van der Waals surface area contributed by atoms with Crippen molar-refractivity contribution < 1.29 is 9.59 Å². The van der Waals surface area contributed by atoms with Gasteiger partial charge in [0.05, 0.1) is 6.04 Å². The third kappa shape index (κ3) is 4.83. The number of carbonyl (C=O) groups excluding carboxylic acids is 2. The molecule has 2 aliphatic heterocycles. The molecule has 2 heterocycles. The maximum absolute atomic E-state index is 13.6. The Bertz CT molecular complexity index is 731. The minimum Gasteiger partial charge on any atom is -0.341 e. The highest BCUT2D eigenvalue weighted by Crippen LogP contribution is 2.33. The zero-order valence-corrected chi connectivity index (χ0v) is 18.8. The molecule has 0 N–H and O–H groups in total. The summed E-state index contributed by atoms with van der Waals surface area (Å²) in [4.78, 5) is 32.8. The Labute approximate surface area is 185 Å². The second-order valence-corrected chi connectivity index (χ2v) is 9.77. The first-order chi connectivity index (χ1) is 14.5. The number of rotatable bonds is 4. The summed E-state index contributed by atoms with van der Waals surface area (Å²) in [5.74, 6) is 1.59. The normalized spacial score (nSPS) is 23.0. The highest BCUT2D eigenvalue weighted by molar-refractivity contribution is 6.30. The first-order valence-electron chi connectivity index (χ1n) is 11.6. The van der Waals surface area contributed by atoms with Crippen LogP contribution >= 0.6 is 11.6 Å². The molecule has 5 nitrogen and oxygen atoms in total. The van der Waals surface area contributed by atoms with Crippen LogP contribution in [0.25, 0.3) is 0 Å². The van der Waals surface area contributed by atoms with Crippen LogP contribution < -0.4 is 0 Å². The van der Waals surface area contributed by atoms with Gasteiger partial charge in [0.15, 0.2) is 0 Å². The maximum Gasteiger partial charge on any atom is 0.253 e. The topological polar surface area (TPSA) is 43.9 Å². The summed E-state index contributed by atoms with van der Waals surface area (Å²) >= 11 is 5.95. The van der Waals surface area contributed by atoms with Crippen molar-refractivity contribution in [3.8, 4) is 0 Å². The zero-order valence-electron chi connectivity index (χ0n) is 18.1. The number of hydrogen-bond acceptors (Lipinski definition) is 3. The Morgan fingerprint density at radius 1 is 0.867 bits per heavy atom. The van der Waals surface area contributed by atoms with Crippen molar-refractivity contribution in [1.82, 2.24) is 14.7 Å². The molecule has 4 rings (SSSR count). The van der Waals surface area contributed by atoms with Crippen LogP contribution in [0.15, 0.2) is 24.3 Å². The first kappa shape index (κ1) is 21.6. The van der Waals surface area contributed by atoms with E-state index in [1.54, 1.807) is 24.3 Å². The highest BCUT2D eigenvalue weighted by atomic mass is 35.5. The molecule has 1 aliphatic carbocycles. The molecule has 6 heteroatoms. The lowest BCUT2D eigenvalue weighted by Gasteiger charge is -2.43. The van der Waals surface area contributed by atoms with Gasteiger partial charge in [-0.2, -0.15) is 0 Å². The van der Waals surface area contributed by atoms with Crippen molar-refractivity contribution in [3.05, 3.63) is 34.9 Å². The molecule has 30 heavy (non-hydrogen) atoms. The Morgan fingerprint density at radius 2 is 1.47 bits per heavy atom. The van der Waals surface area contributed by atoms with E-state index < -0.39 is 0 Å². The van der Waals surface area contributed by atoms with Gasteiger partial charge < -0.3 is 9.80 Å². The molecule has 0 bridgehead atoms. The summed E-state index contributed by atoms with van der Waals surface area (Å²) in [7, 11) is 0. The summed E-state index contributed by atoms with van der Waals surface area (Å²) in [6, 6.07) is 7.10. The molecular formula is C24H34ClN3O2. The SMILES string of the molecule is CC1CCN(C(=O)C(C2CCCC2)N2CCN(C(=O)c3ccc(Cl)cc3)CC2)CC1. The number of piperidine rings is 1. The van der Waals surface area contributed by atoms with E-state index in [0.29, 0.717) is 35.5 Å². The zero-order chi connectivity index (χ0) is 21.1. The van der Waals surface area contributed by atoms with Crippen LogP contribution in [0.1, 0.15) is 55.8 Å². The fraction of sp³-hybridized carbons (Fsp3) is 0.667. The van der Waals surface area contributed by atoms with Crippen molar-refractivity contribution in [1.29, 1.82) is 0 Å². The van der Waals surface area contributed by atoms with Crippen molar-refractivity contribution in [2.75, 3.05) is 39.3 Å². The molecule has 0 spiro atoms. The largest absolute Gasteiger partial charge is 0.341 e. The number of carbonyl (C=O) groups is 2. The predicted octanol–water partition coefficient (Wildman–Crippen LogP) is 3.92. The van der Waals surface area contributed by atoms with Gasteiger partial charge in [-0.05, 0) is 61.8 Å². The smallest absolute Gasteiger partial charge is 0.253 e. The number of amides is 2. The molecule has 0 aromatic heterocycles. The molecule has 2 saturated heterocycles. The van der Waals surface area contributed by atoms with Crippen LogP contribution in [0.4, 0.5) is 0 Å². The Kier molecular flexibility index (Phi) is 6.99. The van der Waals surface area contributed by atoms with E-state index in [2.05, 4.69) is 16.7 Å². The van der Waals surface area contributed by atoms with Gasteiger partial charge in [0.2, 0.25) is 5.91 Å². The molecule has 1 atom stereocenters. The van der Waals surface area contributed by atoms with E-state index >= 15 is 0 Å². The summed E-state index contributed by atoms with van der Waals surface area (Å²) in [6.45, 7) is 6.99. The molecule has 2 amide bonds. The average Bonchev–Trinajstić information content (AvgIpc) is 3.29. The lowest BCUT2D eigenvalue weighted by Crippen LogP contribution is -2.59. The summed E-state index contributed by atoms with van der Waals surface area (Å²) in [5, 5.41) is 0.640. The summed E-state index contributed by atoms with van der Waals surface area (Å²) < 4.78 is 0. The van der Waals surface area contributed by atoms with Gasteiger partial charge >= 0.3 is 0 Å². The molecule has 1 unspecified atom stereocenters. The maximum atomic E-state index is 13.6. The third-order valence-corrected chi connectivity index (χ3v) is 7.53. The van der Waals surface area contributed by atoms with Crippen LogP contribution in [0, 0.1) is 11.8 Å². The van der Waals surface area contributed by atoms with Crippen LogP contribution in [0.2, 0.25) is 5.02 Å². The molecule has 1 saturated carbocycles. The van der Waals surface area contributed by atoms with E-state index in [0.717, 1.165) is 57.8 Å². The second kappa shape index (κ2) is 9.69. The van der Waals surface area contributed by atoms with Crippen molar-refractivity contribution in [2.45, 2.75) is 51.5 Å². The van der Waals surface area contributed by atoms with Crippen LogP contribution in [-0.4, -0.2) is 71.8 Å². The van der Waals surface area contributed by atoms with Crippen LogP contribution in [-0.2, 0) is 4.79 Å². The van der Waals surface area contributed by atoms with Gasteiger partial charge in [0, 0.05) is 49.9 Å². The van der Waals surface area contributed by atoms with Gasteiger partial charge in [-0.1, -0.05) is 31.4 Å². The summed E-state index contributed by atoms with van der Waals surface area (Å²) in [5.41, 5.74) is 0.679. The predicted molar refractivity (Wildman–Crippen MR) is 120 cm³/mol. The van der Waals surface area contributed by atoms with Gasteiger partial charge in [0.25, 0.3) is 5.91 Å². The first-order valence-corrected chi connectivity index (χ1v) is 12.0. The van der Waals surface area contributed by atoms with E-state index in [9.17, 15) is 9.59 Å². The number of nitrogens with zero attached hydrogens (tertiary/aromatic N) is 3. The fourth-order valence-electron chi connectivity index (χ4n) is 5.32. The van der Waals surface area contributed by atoms with E-state index in [1.165, 1.54) is 12.8 Å². The van der Waals surface area contributed by atoms with E-state index in [1.807, 2.05) is 4.90 Å². The molecule has 0 radical (unpaired) electrons. The highest BCUT2D eigenvalue weighted by Gasteiger charge is 2.39. The Hall–Kier alpha value is -1.59. The lowest BCUT2D eigenvalue weighted by molar-refractivity contribution is -0.141. The number of benzene rings is 1. The lowest BCUT2D eigenvalue weighted by atomic mass is 9.92. The van der Waals surface area contributed by atoms with Crippen molar-refractivity contribution >= 4 is 23.4 Å². The van der Waals surface area contributed by atoms with Gasteiger partial charge in [-0.3, -0.25) is 14.5 Å². The average molecular weight is 432 g/mol. The van der Waals surface area contributed by atoms with E-state index in [-0.39, 0.29) is 11.9 Å². The molecule has 164 valence electrons. The minimum absolute atomic E-state index is 0.00584. The number of halogens is 1. The molecule has 1 aromatic carbocycles. The van der Waals surface area contributed by atoms with Crippen LogP contribution in [0.3, 0.4) is 0 Å².